The molecule has 0 aliphatic carbocycles. The molecule has 0 saturated carbocycles. The van der Waals surface area contributed by atoms with Crippen LogP contribution in [-0.2, 0) is 15.9 Å². The Hall–Kier alpha value is -1.88. The molecule has 22 heavy (non-hydrogen) atoms. The number of aldehydes is 1. The maximum atomic E-state index is 12.1. The van der Waals surface area contributed by atoms with Crippen molar-refractivity contribution in [1.29, 1.82) is 0 Å². The van der Waals surface area contributed by atoms with Gasteiger partial charge in [-0.2, -0.15) is 0 Å². The van der Waals surface area contributed by atoms with Gasteiger partial charge in [0.15, 0.2) is 0 Å². The van der Waals surface area contributed by atoms with E-state index in [-0.39, 0.29) is 12.2 Å². The van der Waals surface area contributed by atoms with E-state index in [4.69, 9.17) is 9.47 Å². The minimum atomic E-state index is -0.497. The summed E-state index contributed by atoms with van der Waals surface area (Å²) in [6.07, 6.45) is 1.12. The SMILES string of the molecule is CC(C)(C)OC(=O)N1CCO[C@H](Cc2cccc(C=O)c2)C1. The standard InChI is InChI=1S/C17H23NO4/c1-17(2,3)22-16(20)18-7-8-21-15(11-18)10-13-5-4-6-14(9-13)12-19/h4-6,9,12,15H,7-8,10-11H2,1-3H3/t15-/m1/s1. The van der Waals surface area contributed by atoms with Crippen molar-refractivity contribution in [3.8, 4) is 0 Å². The largest absolute Gasteiger partial charge is 0.444 e. The Morgan fingerprint density at radius 1 is 1.45 bits per heavy atom. The van der Waals surface area contributed by atoms with E-state index < -0.39 is 5.60 Å². The van der Waals surface area contributed by atoms with Crippen LogP contribution in [0.5, 0.6) is 0 Å². The van der Waals surface area contributed by atoms with E-state index in [1.54, 1.807) is 11.0 Å². The highest BCUT2D eigenvalue weighted by Gasteiger charge is 2.28. The Morgan fingerprint density at radius 2 is 2.23 bits per heavy atom. The Bertz CT molecular complexity index is 536. The highest BCUT2D eigenvalue weighted by molar-refractivity contribution is 5.74. The normalized spacial score (nSPS) is 18.9. The number of amides is 1. The zero-order chi connectivity index (χ0) is 16.2. The summed E-state index contributed by atoms with van der Waals surface area (Å²) in [4.78, 5) is 24.6. The second-order valence-corrected chi connectivity index (χ2v) is 6.49. The van der Waals surface area contributed by atoms with Gasteiger partial charge < -0.3 is 14.4 Å². The molecule has 2 rings (SSSR count). The smallest absolute Gasteiger partial charge is 0.410 e. The Kier molecular flexibility index (Phi) is 5.19. The fraction of sp³-hybridized carbons (Fsp3) is 0.529. The first-order chi connectivity index (χ1) is 10.4. The Balaban J connectivity index is 1.95. The van der Waals surface area contributed by atoms with Crippen molar-refractivity contribution in [2.75, 3.05) is 19.7 Å². The van der Waals surface area contributed by atoms with Gasteiger partial charge in [-0.25, -0.2) is 4.79 Å². The number of benzene rings is 1. The first-order valence-electron chi connectivity index (χ1n) is 7.51. The lowest BCUT2D eigenvalue weighted by molar-refractivity contribution is -0.0415. The first-order valence-corrected chi connectivity index (χ1v) is 7.51. The van der Waals surface area contributed by atoms with Crippen LogP contribution in [0.1, 0.15) is 36.7 Å². The van der Waals surface area contributed by atoms with Crippen LogP contribution in [0.25, 0.3) is 0 Å². The van der Waals surface area contributed by atoms with Gasteiger partial charge in [-0.3, -0.25) is 4.79 Å². The molecule has 1 heterocycles. The predicted octanol–water partition coefficient (Wildman–Crippen LogP) is 2.68. The van der Waals surface area contributed by atoms with E-state index in [0.717, 1.165) is 11.8 Å². The highest BCUT2D eigenvalue weighted by atomic mass is 16.6. The van der Waals surface area contributed by atoms with Crippen LogP contribution in [0.3, 0.4) is 0 Å². The van der Waals surface area contributed by atoms with Crippen molar-refractivity contribution < 1.29 is 19.1 Å². The van der Waals surface area contributed by atoms with Gasteiger partial charge in [0.25, 0.3) is 0 Å². The van der Waals surface area contributed by atoms with Gasteiger partial charge in [0, 0.05) is 18.5 Å². The predicted molar refractivity (Wildman–Crippen MR) is 83.1 cm³/mol. The van der Waals surface area contributed by atoms with Gasteiger partial charge in [-0.05, 0) is 32.4 Å². The quantitative estimate of drug-likeness (QED) is 0.806. The monoisotopic (exact) mass is 305 g/mol. The van der Waals surface area contributed by atoms with E-state index >= 15 is 0 Å². The Morgan fingerprint density at radius 3 is 2.91 bits per heavy atom. The first kappa shape index (κ1) is 16.5. The van der Waals surface area contributed by atoms with Crippen molar-refractivity contribution in [2.24, 2.45) is 0 Å². The molecule has 0 radical (unpaired) electrons. The number of hydrogen-bond donors (Lipinski definition) is 0. The lowest BCUT2D eigenvalue weighted by Gasteiger charge is -2.34. The fourth-order valence-electron chi connectivity index (χ4n) is 2.39. The van der Waals surface area contributed by atoms with Gasteiger partial charge in [0.05, 0.1) is 19.3 Å². The molecule has 1 saturated heterocycles. The molecule has 0 unspecified atom stereocenters. The second kappa shape index (κ2) is 6.92. The number of ether oxygens (including phenoxy) is 2. The molecule has 1 amide bonds. The highest BCUT2D eigenvalue weighted by Crippen LogP contribution is 2.16. The van der Waals surface area contributed by atoms with Gasteiger partial charge in [0.2, 0.25) is 0 Å². The number of hydrogen-bond acceptors (Lipinski definition) is 4. The molecule has 5 nitrogen and oxygen atoms in total. The molecule has 0 N–H and O–H groups in total. The number of carbonyl (C=O) groups excluding carboxylic acids is 2. The third kappa shape index (κ3) is 4.84. The van der Waals surface area contributed by atoms with Crippen LogP contribution in [0.4, 0.5) is 4.79 Å². The minimum absolute atomic E-state index is 0.0804. The van der Waals surface area contributed by atoms with Crippen LogP contribution >= 0.6 is 0 Å². The van der Waals surface area contributed by atoms with Crippen LogP contribution < -0.4 is 0 Å². The van der Waals surface area contributed by atoms with Gasteiger partial charge in [0.1, 0.15) is 11.9 Å². The topological polar surface area (TPSA) is 55.8 Å². The van der Waals surface area contributed by atoms with E-state index in [1.165, 1.54) is 0 Å². The summed E-state index contributed by atoms with van der Waals surface area (Å²) in [7, 11) is 0. The summed E-state index contributed by atoms with van der Waals surface area (Å²) < 4.78 is 11.1. The van der Waals surface area contributed by atoms with Crippen LogP contribution in [0, 0.1) is 0 Å². The van der Waals surface area contributed by atoms with E-state index in [0.29, 0.717) is 31.7 Å². The van der Waals surface area contributed by atoms with Gasteiger partial charge in [-0.15, -0.1) is 0 Å². The molecule has 120 valence electrons. The van der Waals surface area contributed by atoms with Crippen LogP contribution in [0.15, 0.2) is 24.3 Å². The molecule has 1 aromatic rings. The fourth-order valence-corrected chi connectivity index (χ4v) is 2.39. The average molecular weight is 305 g/mol. The molecular weight excluding hydrogens is 282 g/mol. The summed E-state index contributed by atoms with van der Waals surface area (Å²) in [6, 6.07) is 7.43. The zero-order valence-corrected chi connectivity index (χ0v) is 13.4. The summed E-state index contributed by atoms with van der Waals surface area (Å²) in [5.74, 6) is 0. The lowest BCUT2D eigenvalue weighted by atomic mass is 10.0. The molecular formula is C17H23NO4. The van der Waals surface area contributed by atoms with Gasteiger partial charge in [-0.1, -0.05) is 18.2 Å². The molecule has 5 heteroatoms. The maximum absolute atomic E-state index is 12.1. The van der Waals surface area contributed by atoms with Gasteiger partial charge >= 0.3 is 6.09 Å². The lowest BCUT2D eigenvalue weighted by Crippen LogP contribution is -2.48. The van der Waals surface area contributed by atoms with E-state index in [9.17, 15) is 9.59 Å². The molecule has 0 spiro atoms. The molecule has 1 aromatic carbocycles. The summed E-state index contributed by atoms with van der Waals surface area (Å²) in [5, 5.41) is 0. The molecule has 1 aliphatic rings. The van der Waals surface area contributed by atoms with Crippen molar-refractivity contribution in [3.63, 3.8) is 0 Å². The summed E-state index contributed by atoms with van der Waals surface area (Å²) >= 11 is 0. The second-order valence-electron chi connectivity index (χ2n) is 6.49. The Labute approximate surface area is 131 Å². The van der Waals surface area contributed by atoms with Crippen molar-refractivity contribution in [3.05, 3.63) is 35.4 Å². The molecule has 0 bridgehead atoms. The molecule has 1 aliphatic heterocycles. The van der Waals surface area contributed by atoms with E-state index in [1.807, 2.05) is 39.0 Å². The molecule has 1 atom stereocenters. The minimum Gasteiger partial charge on any atom is -0.444 e. The summed E-state index contributed by atoms with van der Waals surface area (Å²) in [6.45, 7) is 7.10. The summed E-state index contributed by atoms with van der Waals surface area (Å²) in [5.41, 5.74) is 1.18. The molecule has 0 aromatic heterocycles. The van der Waals surface area contributed by atoms with Crippen molar-refractivity contribution in [2.45, 2.75) is 38.9 Å². The third-order valence-electron chi connectivity index (χ3n) is 3.34. The van der Waals surface area contributed by atoms with E-state index in [2.05, 4.69) is 0 Å². The van der Waals surface area contributed by atoms with Crippen LogP contribution in [0.2, 0.25) is 0 Å². The number of nitrogens with zero attached hydrogens (tertiary/aromatic N) is 1. The van der Waals surface area contributed by atoms with Crippen LogP contribution in [-0.4, -0.2) is 48.7 Å². The number of morpholine rings is 1. The average Bonchev–Trinajstić information content (AvgIpc) is 2.46. The van der Waals surface area contributed by atoms with Crippen molar-refractivity contribution in [1.82, 2.24) is 4.90 Å². The van der Waals surface area contributed by atoms with Crippen molar-refractivity contribution >= 4 is 12.4 Å². The number of rotatable bonds is 3. The third-order valence-corrected chi connectivity index (χ3v) is 3.34. The zero-order valence-electron chi connectivity index (χ0n) is 13.4. The number of carbonyl (C=O) groups is 2. The molecule has 1 fully saturated rings. The maximum Gasteiger partial charge on any atom is 0.410 e.